The van der Waals surface area contributed by atoms with Gasteiger partial charge in [-0.15, -0.1) is 38.0 Å². The van der Waals surface area contributed by atoms with E-state index in [4.69, 9.17) is 20.9 Å². The molecule has 1 aliphatic heterocycles. The number of hydrogen-bond donors (Lipinski definition) is 2. The van der Waals surface area contributed by atoms with Crippen molar-refractivity contribution in [2.75, 3.05) is 26.7 Å². The molecule has 0 amide bonds. The number of alkyl halides is 3. The third-order valence-electron chi connectivity index (χ3n) is 7.65. The Hall–Kier alpha value is -3.15. The molecule has 2 heterocycles. The van der Waals surface area contributed by atoms with Crippen LogP contribution in [0.15, 0.2) is 66.9 Å². The summed E-state index contributed by atoms with van der Waals surface area (Å²) in [4.78, 5) is 2.42. The van der Waals surface area contributed by atoms with Crippen molar-refractivity contribution in [1.29, 1.82) is 0 Å². The van der Waals surface area contributed by atoms with E-state index in [1.54, 1.807) is 13.2 Å². The molecule has 0 atom stereocenters. The molecule has 7 nitrogen and oxygen atoms in total. The van der Waals surface area contributed by atoms with Gasteiger partial charge in [0.15, 0.2) is 0 Å². The van der Waals surface area contributed by atoms with Gasteiger partial charge in [-0.2, -0.15) is 0 Å². The second kappa shape index (κ2) is 15.7. The summed E-state index contributed by atoms with van der Waals surface area (Å²) >= 11 is 0. The van der Waals surface area contributed by atoms with E-state index in [1.807, 2.05) is 30.5 Å². The molecule has 4 aromatic rings. The Labute approximate surface area is 268 Å². The molecule has 12 heteroatoms. The van der Waals surface area contributed by atoms with Gasteiger partial charge in [-0.1, -0.05) is 18.2 Å². The maximum atomic E-state index is 12.8. The highest BCUT2D eigenvalue weighted by Gasteiger charge is 2.31. The van der Waals surface area contributed by atoms with Crippen molar-refractivity contribution in [2.45, 2.75) is 51.4 Å². The smallest absolute Gasteiger partial charge is 0.497 e. The lowest BCUT2D eigenvalue weighted by atomic mass is 9.97. The maximum Gasteiger partial charge on any atom is 0.573 e. The molecule has 0 radical (unpaired) electrons. The van der Waals surface area contributed by atoms with Crippen molar-refractivity contribution in [3.63, 3.8) is 0 Å². The average Bonchev–Trinajstić information content (AvgIpc) is 3.33. The molecule has 0 spiro atoms. The first-order valence-corrected chi connectivity index (χ1v) is 14.2. The van der Waals surface area contributed by atoms with E-state index in [0.29, 0.717) is 12.1 Å². The zero-order valence-corrected chi connectivity index (χ0v) is 26.1. The number of aryl methyl sites for hydroxylation is 1. The summed E-state index contributed by atoms with van der Waals surface area (Å²) in [5.74, 6) is 1.32. The molecule has 0 bridgehead atoms. The molecule has 0 saturated carbocycles. The van der Waals surface area contributed by atoms with Crippen LogP contribution in [0.5, 0.6) is 17.2 Å². The Kier molecular flexibility index (Phi) is 12.6. The molecule has 240 valence electrons. The molecular formula is C32H39Cl2F3N4O3. The SMILES string of the molecule is COc1cccc(OC2CCN(Cc3ccc4c(c3)c(-c3ccc(OC(F)(F)F)cc3CN)cn4CCCN)CC2)c1.Cl.Cl. The van der Waals surface area contributed by atoms with E-state index in [0.717, 1.165) is 79.0 Å². The van der Waals surface area contributed by atoms with Gasteiger partial charge in [0.2, 0.25) is 0 Å². The van der Waals surface area contributed by atoms with Gasteiger partial charge in [0.1, 0.15) is 23.4 Å². The number of nitrogens with two attached hydrogens (primary N) is 2. The van der Waals surface area contributed by atoms with Crippen LogP contribution in [0.1, 0.15) is 30.4 Å². The molecule has 1 aliphatic rings. The molecule has 0 aliphatic carbocycles. The minimum atomic E-state index is -4.77. The second-order valence-electron chi connectivity index (χ2n) is 10.6. The normalized spacial score (nSPS) is 14.1. The number of ether oxygens (including phenoxy) is 3. The van der Waals surface area contributed by atoms with Crippen LogP contribution >= 0.6 is 24.8 Å². The summed E-state index contributed by atoms with van der Waals surface area (Å²) in [5, 5.41) is 1.03. The van der Waals surface area contributed by atoms with Gasteiger partial charge in [0.25, 0.3) is 0 Å². The highest BCUT2D eigenvalue weighted by molar-refractivity contribution is 5.97. The third kappa shape index (κ3) is 8.73. The predicted octanol–water partition coefficient (Wildman–Crippen LogP) is 6.91. The van der Waals surface area contributed by atoms with Crippen molar-refractivity contribution >= 4 is 35.7 Å². The minimum Gasteiger partial charge on any atom is -0.497 e. The van der Waals surface area contributed by atoms with Crippen molar-refractivity contribution in [2.24, 2.45) is 11.5 Å². The molecule has 44 heavy (non-hydrogen) atoms. The summed E-state index contributed by atoms with van der Waals surface area (Å²) in [6.45, 7) is 3.98. The van der Waals surface area contributed by atoms with Gasteiger partial charge in [-0.3, -0.25) is 4.90 Å². The van der Waals surface area contributed by atoms with Crippen LogP contribution in [0.25, 0.3) is 22.0 Å². The summed E-state index contributed by atoms with van der Waals surface area (Å²) in [7, 11) is 1.65. The van der Waals surface area contributed by atoms with E-state index in [-0.39, 0.29) is 43.2 Å². The number of nitrogens with zero attached hydrogens (tertiary/aromatic N) is 2. The molecule has 1 aromatic heterocycles. The van der Waals surface area contributed by atoms with Crippen molar-refractivity contribution in [3.05, 3.63) is 78.0 Å². The number of fused-ring (bicyclic) bond motifs is 1. The number of benzene rings is 3. The van der Waals surface area contributed by atoms with Crippen LogP contribution in [-0.2, 0) is 19.6 Å². The molecular weight excluding hydrogens is 616 g/mol. The van der Waals surface area contributed by atoms with Gasteiger partial charge in [-0.05, 0) is 78.9 Å². The zero-order chi connectivity index (χ0) is 29.7. The summed E-state index contributed by atoms with van der Waals surface area (Å²) in [6.07, 6.45) is 0.0806. The number of likely N-dealkylation sites (tertiary alicyclic amines) is 1. The van der Waals surface area contributed by atoms with Crippen molar-refractivity contribution < 1.29 is 27.4 Å². The largest absolute Gasteiger partial charge is 0.573 e. The van der Waals surface area contributed by atoms with Crippen LogP contribution in [0, 0.1) is 0 Å². The monoisotopic (exact) mass is 654 g/mol. The van der Waals surface area contributed by atoms with Crippen molar-refractivity contribution in [3.8, 4) is 28.4 Å². The first-order valence-electron chi connectivity index (χ1n) is 14.2. The van der Waals surface area contributed by atoms with Crippen molar-refractivity contribution in [1.82, 2.24) is 9.47 Å². The molecule has 1 saturated heterocycles. The topological polar surface area (TPSA) is 87.9 Å². The number of aromatic nitrogens is 1. The molecule has 5 rings (SSSR count). The molecule has 1 fully saturated rings. The van der Waals surface area contributed by atoms with Crippen LogP contribution in [0.4, 0.5) is 13.2 Å². The van der Waals surface area contributed by atoms with Gasteiger partial charge in [0, 0.05) is 61.5 Å². The number of halogens is 5. The minimum absolute atomic E-state index is 0. The maximum absolute atomic E-state index is 12.8. The van der Waals surface area contributed by atoms with E-state index >= 15 is 0 Å². The Morgan fingerprint density at radius 2 is 1.64 bits per heavy atom. The summed E-state index contributed by atoms with van der Waals surface area (Å²) < 4.78 is 56.3. The quantitative estimate of drug-likeness (QED) is 0.183. The number of rotatable bonds is 11. The Morgan fingerprint density at radius 3 is 2.32 bits per heavy atom. The number of methoxy groups -OCH3 is 1. The highest BCUT2D eigenvalue weighted by Crippen LogP contribution is 2.36. The van der Waals surface area contributed by atoms with Crippen LogP contribution in [0.3, 0.4) is 0 Å². The fraction of sp³-hybridized carbons (Fsp3) is 0.375. The van der Waals surface area contributed by atoms with E-state index < -0.39 is 6.36 Å². The van der Waals surface area contributed by atoms with Gasteiger partial charge < -0.3 is 30.2 Å². The van der Waals surface area contributed by atoms with Gasteiger partial charge in [0.05, 0.1) is 7.11 Å². The number of hydrogen-bond acceptors (Lipinski definition) is 6. The molecule has 4 N–H and O–H groups in total. The van der Waals surface area contributed by atoms with Crippen LogP contribution in [0.2, 0.25) is 0 Å². The molecule has 0 unspecified atom stereocenters. The lowest BCUT2D eigenvalue weighted by Crippen LogP contribution is -2.37. The molecule has 3 aromatic carbocycles. The third-order valence-corrected chi connectivity index (χ3v) is 7.65. The van der Waals surface area contributed by atoms with Gasteiger partial charge >= 0.3 is 6.36 Å². The fourth-order valence-electron chi connectivity index (χ4n) is 5.61. The average molecular weight is 656 g/mol. The van der Waals surface area contributed by atoms with Crippen LogP contribution in [-0.4, -0.2) is 48.7 Å². The lowest BCUT2D eigenvalue weighted by Gasteiger charge is -2.32. The Balaban J connectivity index is 0.00000264. The van der Waals surface area contributed by atoms with E-state index in [1.165, 1.54) is 17.7 Å². The van der Waals surface area contributed by atoms with E-state index in [9.17, 15) is 13.2 Å². The standard InChI is InChI=1S/C32H37F3N4O3.2ClH/c1-40-25-4-2-5-26(18-25)41-24-10-14-38(15-11-24)20-22-6-9-31-29(16-22)30(21-39(31)13-3-12-36)28-8-7-27(17-23(28)19-37)42-32(33,34)35;;/h2,4-9,16-18,21,24H,3,10-15,19-20,36-37H2,1H3;2*1H. The van der Waals surface area contributed by atoms with Gasteiger partial charge in [-0.25, -0.2) is 0 Å². The Morgan fingerprint density at radius 1 is 0.886 bits per heavy atom. The number of piperidine rings is 1. The second-order valence-corrected chi connectivity index (χ2v) is 10.6. The predicted molar refractivity (Wildman–Crippen MR) is 172 cm³/mol. The van der Waals surface area contributed by atoms with E-state index in [2.05, 4.69) is 32.4 Å². The summed E-state index contributed by atoms with van der Waals surface area (Å²) in [5.41, 5.74) is 16.3. The zero-order valence-electron chi connectivity index (χ0n) is 24.5. The lowest BCUT2D eigenvalue weighted by molar-refractivity contribution is -0.274. The highest BCUT2D eigenvalue weighted by atomic mass is 35.5. The first-order chi connectivity index (χ1) is 20.3. The fourth-order valence-corrected chi connectivity index (χ4v) is 5.61. The summed E-state index contributed by atoms with van der Waals surface area (Å²) in [6, 6.07) is 18.5. The van der Waals surface area contributed by atoms with Crippen LogP contribution < -0.4 is 25.7 Å². The first kappa shape index (κ1) is 35.3. The Bertz CT molecular complexity index is 1510.